The fourth-order valence-corrected chi connectivity index (χ4v) is 2.76. The number of phenols is 1. The van der Waals surface area contributed by atoms with Gasteiger partial charge < -0.3 is 10.8 Å². The lowest BCUT2D eigenvalue weighted by Gasteiger charge is -1.98. The first-order chi connectivity index (χ1) is 8.24. The zero-order valence-corrected chi connectivity index (χ0v) is 9.74. The predicted octanol–water partition coefficient (Wildman–Crippen LogP) is 3.25. The molecule has 0 radical (unpaired) electrons. The van der Waals surface area contributed by atoms with Crippen molar-refractivity contribution in [1.29, 1.82) is 0 Å². The van der Waals surface area contributed by atoms with Crippen LogP contribution in [0.15, 0.2) is 42.5 Å². The summed E-state index contributed by atoms with van der Waals surface area (Å²) < 4.78 is 1.03. The molecule has 3 rings (SSSR count). The zero-order chi connectivity index (χ0) is 11.8. The van der Waals surface area contributed by atoms with Crippen LogP contribution in [-0.4, -0.2) is 10.1 Å². The van der Waals surface area contributed by atoms with Crippen LogP contribution in [0.3, 0.4) is 0 Å². The number of para-hydroxylation sites is 1. The summed E-state index contributed by atoms with van der Waals surface area (Å²) in [5.74, 6) is 0.250. The molecule has 0 amide bonds. The molecule has 3 nitrogen and oxygen atoms in total. The third kappa shape index (κ3) is 1.72. The predicted molar refractivity (Wildman–Crippen MR) is 71.1 cm³/mol. The minimum atomic E-state index is 0.250. The number of fused-ring (bicyclic) bond motifs is 1. The summed E-state index contributed by atoms with van der Waals surface area (Å²) in [6, 6.07) is 12.8. The average Bonchev–Trinajstić information content (AvgIpc) is 2.72. The van der Waals surface area contributed by atoms with Crippen molar-refractivity contribution < 1.29 is 5.11 Å². The lowest BCUT2D eigenvalue weighted by atomic mass is 10.2. The Morgan fingerprint density at radius 2 is 1.94 bits per heavy atom. The molecule has 17 heavy (non-hydrogen) atoms. The molecule has 84 valence electrons. The van der Waals surface area contributed by atoms with E-state index in [1.54, 1.807) is 12.1 Å². The first-order valence-corrected chi connectivity index (χ1v) is 6.00. The molecule has 0 atom stereocenters. The van der Waals surface area contributed by atoms with Gasteiger partial charge in [-0.2, -0.15) is 0 Å². The Bertz CT molecular complexity index is 691. The minimum absolute atomic E-state index is 0.250. The highest BCUT2D eigenvalue weighted by Gasteiger charge is 2.09. The van der Waals surface area contributed by atoms with Crippen LogP contribution in [0.25, 0.3) is 20.8 Å². The molecule has 0 saturated carbocycles. The quantitative estimate of drug-likeness (QED) is 0.644. The minimum Gasteiger partial charge on any atom is -0.507 e. The molecule has 0 bridgehead atoms. The number of aromatic nitrogens is 1. The highest BCUT2D eigenvalue weighted by atomic mass is 32.1. The monoisotopic (exact) mass is 242 g/mol. The van der Waals surface area contributed by atoms with E-state index in [1.165, 1.54) is 11.3 Å². The van der Waals surface area contributed by atoms with Crippen molar-refractivity contribution in [2.45, 2.75) is 0 Å². The van der Waals surface area contributed by atoms with Gasteiger partial charge >= 0.3 is 0 Å². The molecule has 4 heteroatoms. The highest BCUT2D eigenvalue weighted by Crippen LogP contribution is 2.35. The Hall–Kier alpha value is -2.07. The van der Waals surface area contributed by atoms with Gasteiger partial charge in [0.2, 0.25) is 0 Å². The summed E-state index contributed by atoms with van der Waals surface area (Å²) in [4.78, 5) is 4.49. The van der Waals surface area contributed by atoms with Gasteiger partial charge in [-0.05, 0) is 30.3 Å². The van der Waals surface area contributed by atoms with Crippen LogP contribution in [-0.2, 0) is 0 Å². The molecule has 1 heterocycles. The number of anilines is 1. The summed E-state index contributed by atoms with van der Waals surface area (Å²) in [6.07, 6.45) is 0. The number of hydrogen-bond acceptors (Lipinski definition) is 4. The van der Waals surface area contributed by atoms with Gasteiger partial charge in [0.05, 0.1) is 15.8 Å². The Balaban J connectivity index is 2.22. The largest absolute Gasteiger partial charge is 0.507 e. The fraction of sp³-hybridized carbons (Fsp3) is 0. The number of nitrogens with two attached hydrogens (primary N) is 1. The van der Waals surface area contributed by atoms with Crippen LogP contribution in [0.2, 0.25) is 0 Å². The van der Waals surface area contributed by atoms with Crippen LogP contribution < -0.4 is 5.73 Å². The van der Waals surface area contributed by atoms with Crippen molar-refractivity contribution in [2.75, 3.05) is 5.73 Å². The smallest absolute Gasteiger partial charge is 0.128 e. The first-order valence-electron chi connectivity index (χ1n) is 5.18. The average molecular weight is 242 g/mol. The van der Waals surface area contributed by atoms with E-state index >= 15 is 0 Å². The van der Waals surface area contributed by atoms with E-state index in [0.717, 1.165) is 26.5 Å². The summed E-state index contributed by atoms with van der Waals surface area (Å²) in [7, 11) is 0. The van der Waals surface area contributed by atoms with Crippen molar-refractivity contribution in [1.82, 2.24) is 4.98 Å². The molecule has 3 aromatic rings. The van der Waals surface area contributed by atoms with Gasteiger partial charge in [-0.25, -0.2) is 4.98 Å². The molecule has 0 aliphatic carbocycles. The SMILES string of the molecule is Nc1ccc2nc(-c3ccccc3O)sc2c1. The standard InChI is InChI=1S/C13H10N2OS/c14-8-5-6-10-12(7-8)17-13(15-10)9-3-1-2-4-11(9)16/h1-7,16H,14H2. The van der Waals surface area contributed by atoms with E-state index in [4.69, 9.17) is 5.73 Å². The number of aromatic hydroxyl groups is 1. The van der Waals surface area contributed by atoms with Gasteiger partial charge in [0.15, 0.2) is 0 Å². The van der Waals surface area contributed by atoms with Gasteiger partial charge in [0.1, 0.15) is 10.8 Å². The molecule has 0 aliphatic heterocycles. The third-order valence-electron chi connectivity index (χ3n) is 2.55. The van der Waals surface area contributed by atoms with E-state index in [1.807, 2.05) is 30.3 Å². The molecule has 0 fully saturated rings. The molecule has 0 unspecified atom stereocenters. The Morgan fingerprint density at radius 3 is 2.76 bits per heavy atom. The van der Waals surface area contributed by atoms with Gasteiger partial charge in [0, 0.05) is 5.69 Å². The summed E-state index contributed by atoms with van der Waals surface area (Å²) in [5, 5.41) is 10.6. The molecule has 0 spiro atoms. The number of rotatable bonds is 1. The fourth-order valence-electron chi connectivity index (χ4n) is 1.71. The first kappa shape index (κ1) is 10.1. The van der Waals surface area contributed by atoms with Crippen molar-refractivity contribution in [2.24, 2.45) is 0 Å². The molecular weight excluding hydrogens is 232 g/mol. The van der Waals surface area contributed by atoms with E-state index < -0.39 is 0 Å². The zero-order valence-electron chi connectivity index (χ0n) is 8.92. The topological polar surface area (TPSA) is 59.1 Å². The lowest BCUT2D eigenvalue weighted by Crippen LogP contribution is -1.81. The molecule has 1 aromatic heterocycles. The van der Waals surface area contributed by atoms with Crippen molar-refractivity contribution >= 4 is 27.2 Å². The van der Waals surface area contributed by atoms with Crippen molar-refractivity contribution in [3.63, 3.8) is 0 Å². The van der Waals surface area contributed by atoms with E-state index in [-0.39, 0.29) is 5.75 Å². The van der Waals surface area contributed by atoms with Crippen LogP contribution in [0.4, 0.5) is 5.69 Å². The van der Waals surface area contributed by atoms with Gasteiger partial charge in [0.25, 0.3) is 0 Å². The number of thiazole rings is 1. The number of nitrogens with zero attached hydrogens (tertiary/aromatic N) is 1. The number of benzene rings is 2. The Morgan fingerprint density at radius 1 is 1.12 bits per heavy atom. The highest BCUT2D eigenvalue weighted by molar-refractivity contribution is 7.21. The van der Waals surface area contributed by atoms with Crippen LogP contribution in [0, 0.1) is 0 Å². The second kappa shape index (κ2) is 3.75. The normalized spacial score (nSPS) is 10.8. The second-order valence-corrected chi connectivity index (χ2v) is 4.79. The second-order valence-electron chi connectivity index (χ2n) is 3.76. The van der Waals surface area contributed by atoms with Gasteiger partial charge in [-0.15, -0.1) is 11.3 Å². The van der Waals surface area contributed by atoms with Crippen molar-refractivity contribution in [3.05, 3.63) is 42.5 Å². The maximum atomic E-state index is 9.79. The van der Waals surface area contributed by atoms with E-state index in [0.29, 0.717) is 0 Å². The van der Waals surface area contributed by atoms with Crippen molar-refractivity contribution in [3.8, 4) is 16.3 Å². The molecule has 2 aromatic carbocycles. The summed E-state index contributed by atoms with van der Waals surface area (Å²) >= 11 is 1.53. The van der Waals surface area contributed by atoms with Gasteiger partial charge in [-0.3, -0.25) is 0 Å². The lowest BCUT2D eigenvalue weighted by molar-refractivity contribution is 0.477. The Kier molecular flexibility index (Phi) is 2.23. The van der Waals surface area contributed by atoms with Crippen LogP contribution >= 0.6 is 11.3 Å². The van der Waals surface area contributed by atoms with E-state index in [2.05, 4.69) is 4.98 Å². The van der Waals surface area contributed by atoms with Crippen LogP contribution in [0.1, 0.15) is 0 Å². The van der Waals surface area contributed by atoms with E-state index in [9.17, 15) is 5.11 Å². The molecule has 0 aliphatic rings. The number of hydrogen-bond donors (Lipinski definition) is 2. The molecule has 0 saturated heterocycles. The number of nitrogen functional groups attached to an aromatic ring is 1. The van der Waals surface area contributed by atoms with Crippen LogP contribution in [0.5, 0.6) is 5.75 Å². The maximum Gasteiger partial charge on any atom is 0.128 e. The summed E-state index contributed by atoms with van der Waals surface area (Å²) in [5.41, 5.74) is 8.12. The third-order valence-corrected chi connectivity index (χ3v) is 3.60. The molecular formula is C13H10N2OS. The number of phenolic OH excluding ortho intramolecular Hbond substituents is 1. The maximum absolute atomic E-state index is 9.79. The Labute approximate surface area is 102 Å². The van der Waals surface area contributed by atoms with Gasteiger partial charge in [-0.1, -0.05) is 12.1 Å². The summed E-state index contributed by atoms with van der Waals surface area (Å²) in [6.45, 7) is 0. The molecule has 3 N–H and O–H groups in total.